The lowest BCUT2D eigenvalue weighted by Crippen LogP contribution is -2.49. The van der Waals surface area contributed by atoms with Crippen molar-refractivity contribution in [3.05, 3.63) is 0 Å². The van der Waals surface area contributed by atoms with Crippen molar-refractivity contribution < 1.29 is 4.79 Å². The number of carbonyl (C=O) groups is 1. The van der Waals surface area contributed by atoms with Crippen molar-refractivity contribution in [2.24, 2.45) is 5.92 Å². The Labute approximate surface area is 123 Å². The number of nitrogens with zero attached hydrogens (tertiary/aromatic N) is 2. The summed E-state index contributed by atoms with van der Waals surface area (Å²) in [7, 11) is 3.70. The second kappa shape index (κ2) is 6.44. The van der Waals surface area contributed by atoms with E-state index in [0.717, 1.165) is 19.0 Å². The van der Waals surface area contributed by atoms with Gasteiger partial charge in [-0.2, -0.15) is 0 Å². The highest BCUT2D eigenvalue weighted by molar-refractivity contribution is 5.81. The first kappa shape index (κ1) is 15.8. The third-order valence-electron chi connectivity index (χ3n) is 4.52. The average Bonchev–Trinajstić information content (AvgIpc) is 3.12. The Morgan fingerprint density at radius 3 is 2.50 bits per heavy atom. The molecule has 2 aliphatic rings. The molecular formula is C16H31N3O. The molecule has 0 aromatic heterocycles. The number of hydrogen-bond acceptors (Lipinski definition) is 3. The van der Waals surface area contributed by atoms with E-state index in [1.165, 1.54) is 19.3 Å². The van der Waals surface area contributed by atoms with Crippen molar-refractivity contribution in [2.75, 3.05) is 20.6 Å². The molecule has 0 aromatic rings. The zero-order chi connectivity index (χ0) is 14.9. The molecule has 0 aromatic carbocycles. The number of amides is 1. The zero-order valence-corrected chi connectivity index (χ0v) is 13.7. The molecule has 1 saturated carbocycles. The lowest BCUT2D eigenvalue weighted by Gasteiger charge is -2.26. The summed E-state index contributed by atoms with van der Waals surface area (Å²) < 4.78 is 0. The van der Waals surface area contributed by atoms with Gasteiger partial charge in [0, 0.05) is 38.8 Å². The van der Waals surface area contributed by atoms with Crippen LogP contribution in [0.3, 0.4) is 0 Å². The molecule has 2 rings (SSSR count). The van der Waals surface area contributed by atoms with E-state index < -0.39 is 0 Å². The third kappa shape index (κ3) is 3.95. The Balaban J connectivity index is 1.92. The van der Waals surface area contributed by atoms with Gasteiger partial charge in [0.1, 0.15) is 0 Å². The van der Waals surface area contributed by atoms with Crippen LogP contribution in [0.15, 0.2) is 0 Å². The van der Waals surface area contributed by atoms with E-state index in [0.29, 0.717) is 18.0 Å². The van der Waals surface area contributed by atoms with Crippen molar-refractivity contribution in [1.82, 2.24) is 15.1 Å². The summed E-state index contributed by atoms with van der Waals surface area (Å²) in [5.41, 5.74) is 0. The Kier molecular flexibility index (Phi) is 5.08. The number of likely N-dealkylation sites (N-methyl/N-ethyl adjacent to an activating group) is 1. The van der Waals surface area contributed by atoms with Gasteiger partial charge in [-0.3, -0.25) is 9.69 Å². The highest BCUT2D eigenvalue weighted by Crippen LogP contribution is 2.33. The standard InChI is InChI=1S/C16H31N3O/c1-11(2)8-15(16(20)18(4)5)17-13-9-12(3)19(10-13)14-6-7-14/h11-15,17H,6-10H2,1-5H3. The predicted molar refractivity (Wildman–Crippen MR) is 82.7 cm³/mol. The fourth-order valence-electron chi connectivity index (χ4n) is 3.40. The molecule has 0 radical (unpaired) electrons. The fraction of sp³-hybridized carbons (Fsp3) is 0.938. The van der Waals surface area contributed by atoms with Crippen molar-refractivity contribution in [2.45, 2.75) is 70.6 Å². The van der Waals surface area contributed by atoms with E-state index >= 15 is 0 Å². The van der Waals surface area contributed by atoms with E-state index in [9.17, 15) is 4.79 Å². The maximum Gasteiger partial charge on any atom is 0.239 e. The first-order valence-corrected chi connectivity index (χ1v) is 8.11. The van der Waals surface area contributed by atoms with Gasteiger partial charge in [0.05, 0.1) is 6.04 Å². The van der Waals surface area contributed by atoms with Gasteiger partial charge in [0.25, 0.3) is 0 Å². The average molecular weight is 281 g/mol. The molecule has 3 unspecified atom stereocenters. The molecule has 1 N–H and O–H groups in total. The predicted octanol–water partition coefficient (Wildman–Crippen LogP) is 1.70. The first-order valence-electron chi connectivity index (χ1n) is 8.11. The van der Waals surface area contributed by atoms with Crippen molar-refractivity contribution in [1.29, 1.82) is 0 Å². The van der Waals surface area contributed by atoms with Gasteiger partial charge in [0.2, 0.25) is 5.91 Å². The van der Waals surface area contributed by atoms with Crippen LogP contribution >= 0.6 is 0 Å². The number of hydrogen-bond donors (Lipinski definition) is 1. The molecule has 1 saturated heterocycles. The van der Waals surface area contributed by atoms with Crippen LogP contribution in [0.4, 0.5) is 0 Å². The quantitative estimate of drug-likeness (QED) is 0.805. The van der Waals surface area contributed by atoms with Crippen LogP contribution in [0.1, 0.15) is 46.5 Å². The number of carbonyl (C=O) groups excluding carboxylic acids is 1. The molecule has 0 spiro atoms. The molecule has 1 aliphatic carbocycles. The Morgan fingerprint density at radius 2 is 2.00 bits per heavy atom. The molecule has 116 valence electrons. The SMILES string of the molecule is CC(C)CC(NC1CC(C)N(C2CC2)C1)C(=O)N(C)C. The summed E-state index contributed by atoms with van der Waals surface area (Å²) in [4.78, 5) is 16.7. The Hall–Kier alpha value is -0.610. The fourth-order valence-corrected chi connectivity index (χ4v) is 3.40. The van der Waals surface area contributed by atoms with Gasteiger partial charge in [-0.25, -0.2) is 0 Å². The third-order valence-corrected chi connectivity index (χ3v) is 4.52. The second-order valence-electron chi connectivity index (χ2n) is 7.29. The minimum absolute atomic E-state index is 0.0265. The number of rotatable bonds is 6. The molecular weight excluding hydrogens is 250 g/mol. The summed E-state index contributed by atoms with van der Waals surface area (Å²) in [6, 6.07) is 1.93. The Morgan fingerprint density at radius 1 is 1.35 bits per heavy atom. The van der Waals surface area contributed by atoms with Crippen LogP contribution < -0.4 is 5.32 Å². The van der Waals surface area contributed by atoms with Gasteiger partial charge in [-0.15, -0.1) is 0 Å². The smallest absolute Gasteiger partial charge is 0.239 e. The number of nitrogens with one attached hydrogen (secondary N) is 1. The summed E-state index contributed by atoms with van der Waals surface area (Å²) in [6.45, 7) is 7.81. The normalized spacial score (nSPS) is 28.9. The molecule has 3 atom stereocenters. The minimum Gasteiger partial charge on any atom is -0.347 e. The van der Waals surface area contributed by atoms with E-state index in [-0.39, 0.29) is 11.9 Å². The van der Waals surface area contributed by atoms with Gasteiger partial charge < -0.3 is 10.2 Å². The van der Waals surface area contributed by atoms with Crippen LogP contribution in [0, 0.1) is 5.92 Å². The van der Waals surface area contributed by atoms with E-state index in [4.69, 9.17) is 0 Å². The summed E-state index contributed by atoms with van der Waals surface area (Å²) in [6.07, 6.45) is 4.82. The Bertz CT molecular complexity index is 339. The molecule has 1 aliphatic heterocycles. The molecule has 0 bridgehead atoms. The van der Waals surface area contributed by atoms with Crippen molar-refractivity contribution >= 4 is 5.91 Å². The van der Waals surface area contributed by atoms with Gasteiger partial charge >= 0.3 is 0 Å². The van der Waals surface area contributed by atoms with E-state index in [1.54, 1.807) is 4.90 Å². The molecule has 4 nitrogen and oxygen atoms in total. The maximum absolute atomic E-state index is 12.3. The molecule has 4 heteroatoms. The lowest BCUT2D eigenvalue weighted by molar-refractivity contribution is -0.131. The minimum atomic E-state index is -0.0265. The van der Waals surface area contributed by atoms with Gasteiger partial charge in [-0.1, -0.05) is 13.8 Å². The number of likely N-dealkylation sites (tertiary alicyclic amines) is 1. The van der Waals surface area contributed by atoms with Crippen LogP contribution in [-0.2, 0) is 4.79 Å². The molecule has 1 heterocycles. The largest absolute Gasteiger partial charge is 0.347 e. The van der Waals surface area contributed by atoms with Crippen LogP contribution in [0.25, 0.3) is 0 Å². The van der Waals surface area contributed by atoms with Gasteiger partial charge in [0.15, 0.2) is 0 Å². The molecule has 1 amide bonds. The highest BCUT2D eigenvalue weighted by atomic mass is 16.2. The monoisotopic (exact) mass is 281 g/mol. The molecule has 2 fully saturated rings. The van der Waals surface area contributed by atoms with Crippen LogP contribution in [0.2, 0.25) is 0 Å². The summed E-state index contributed by atoms with van der Waals surface area (Å²) in [5.74, 6) is 0.756. The van der Waals surface area contributed by atoms with Crippen molar-refractivity contribution in [3.63, 3.8) is 0 Å². The second-order valence-corrected chi connectivity index (χ2v) is 7.29. The molecule has 20 heavy (non-hydrogen) atoms. The van der Waals surface area contributed by atoms with Gasteiger partial charge in [-0.05, 0) is 38.5 Å². The van der Waals surface area contributed by atoms with E-state index in [2.05, 4.69) is 31.0 Å². The van der Waals surface area contributed by atoms with Crippen LogP contribution in [-0.4, -0.2) is 60.5 Å². The van der Waals surface area contributed by atoms with Crippen molar-refractivity contribution in [3.8, 4) is 0 Å². The maximum atomic E-state index is 12.3. The lowest BCUT2D eigenvalue weighted by atomic mass is 10.0. The van der Waals surface area contributed by atoms with E-state index in [1.807, 2.05) is 14.1 Å². The topological polar surface area (TPSA) is 35.6 Å². The summed E-state index contributed by atoms with van der Waals surface area (Å²) >= 11 is 0. The highest BCUT2D eigenvalue weighted by Gasteiger charge is 2.39. The zero-order valence-electron chi connectivity index (χ0n) is 13.7. The first-order chi connectivity index (χ1) is 9.38. The summed E-state index contributed by atoms with van der Waals surface area (Å²) in [5, 5.41) is 3.64. The van der Waals surface area contributed by atoms with Crippen LogP contribution in [0.5, 0.6) is 0 Å².